The van der Waals surface area contributed by atoms with Gasteiger partial charge in [0.1, 0.15) is 0 Å². The lowest BCUT2D eigenvalue weighted by atomic mass is 10.1. The first kappa shape index (κ1) is 20.4. The van der Waals surface area contributed by atoms with Crippen molar-refractivity contribution in [3.63, 3.8) is 0 Å². The lowest BCUT2D eigenvalue weighted by Gasteiger charge is -2.16. The zero-order chi connectivity index (χ0) is 21.6. The van der Waals surface area contributed by atoms with Crippen molar-refractivity contribution < 1.29 is 0 Å². The minimum Gasteiger partial charge on any atom is -0.289 e. The predicted octanol–water partition coefficient (Wildman–Crippen LogP) is 4.59. The molecule has 0 saturated carbocycles. The fourth-order valence-corrected chi connectivity index (χ4v) is 3.63. The van der Waals surface area contributed by atoms with Crippen LogP contribution in [0.1, 0.15) is 27.9 Å². The molecule has 3 aromatic carbocycles. The van der Waals surface area contributed by atoms with Crippen molar-refractivity contribution >= 4 is 12.2 Å². The van der Waals surface area contributed by atoms with Crippen molar-refractivity contribution in [1.82, 2.24) is 9.13 Å². The van der Waals surface area contributed by atoms with Crippen molar-refractivity contribution in [3.8, 4) is 0 Å². The van der Waals surface area contributed by atoms with Crippen LogP contribution in [0.4, 0.5) is 0 Å². The van der Waals surface area contributed by atoms with E-state index in [0.717, 1.165) is 16.7 Å². The van der Waals surface area contributed by atoms with E-state index < -0.39 is 0 Å². The van der Waals surface area contributed by atoms with Gasteiger partial charge < -0.3 is 0 Å². The van der Waals surface area contributed by atoms with Gasteiger partial charge in [-0.25, -0.2) is 4.79 Å². The Morgan fingerprint density at radius 1 is 0.645 bits per heavy atom. The zero-order valence-corrected chi connectivity index (χ0v) is 17.4. The summed E-state index contributed by atoms with van der Waals surface area (Å²) in [7, 11) is 0. The third-order valence-corrected chi connectivity index (χ3v) is 5.30. The fourth-order valence-electron chi connectivity index (χ4n) is 3.63. The summed E-state index contributed by atoms with van der Waals surface area (Å²) in [5, 5.41) is 0. The normalized spacial score (nSPS) is 11.1. The van der Waals surface area contributed by atoms with Gasteiger partial charge in [0.05, 0.1) is 18.8 Å². The lowest BCUT2D eigenvalue weighted by Crippen LogP contribution is -2.42. The number of nitrogens with zero attached hydrogens (tertiary/aromatic N) is 2. The summed E-state index contributed by atoms with van der Waals surface area (Å²) >= 11 is 0. The number of benzene rings is 3. The van der Waals surface area contributed by atoms with E-state index in [-0.39, 0.29) is 17.8 Å². The van der Waals surface area contributed by atoms with Gasteiger partial charge >= 0.3 is 5.69 Å². The van der Waals surface area contributed by atoms with Crippen LogP contribution in [0.25, 0.3) is 12.2 Å². The molecule has 0 aliphatic rings. The van der Waals surface area contributed by atoms with E-state index >= 15 is 0 Å². The van der Waals surface area contributed by atoms with Crippen LogP contribution in [-0.2, 0) is 13.1 Å². The molecule has 154 valence electrons. The molecule has 0 unspecified atom stereocenters. The van der Waals surface area contributed by atoms with Gasteiger partial charge in [0, 0.05) is 5.56 Å². The summed E-state index contributed by atoms with van der Waals surface area (Å²) in [4.78, 5) is 26.6. The molecule has 4 heteroatoms. The van der Waals surface area contributed by atoms with E-state index in [1.165, 1.54) is 4.57 Å². The van der Waals surface area contributed by atoms with Crippen molar-refractivity contribution in [2.45, 2.75) is 20.0 Å². The molecule has 0 aliphatic heterocycles. The summed E-state index contributed by atoms with van der Waals surface area (Å²) < 4.78 is 3.02. The molecule has 4 nitrogen and oxygen atoms in total. The Balaban J connectivity index is 1.86. The second-order valence-electron chi connectivity index (χ2n) is 7.49. The predicted molar refractivity (Wildman–Crippen MR) is 126 cm³/mol. The first-order valence-electron chi connectivity index (χ1n) is 10.3. The molecule has 0 bridgehead atoms. The molecule has 0 fully saturated rings. The minimum atomic E-state index is -0.309. The molecule has 0 N–H and O–H groups in total. The second kappa shape index (κ2) is 9.26. The summed E-state index contributed by atoms with van der Waals surface area (Å²) in [6.45, 7) is 2.43. The minimum absolute atomic E-state index is 0.247. The van der Waals surface area contributed by atoms with E-state index in [2.05, 4.69) is 0 Å². The zero-order valence-electron chi connectivity index (χ0n) is 17.4. The molecule has 0 aliphatic carbocycles. The first-order valence-corrected chi connectivity index (χ1v) is 10.3. The van der Waals surface area contributed by atoms with E-state index in [9.17, 15) is 9.59 Å². The maximum Gasteiger partial charge on any atom is 0.332 e. The Morgan fingerprint density at radius 2 is 1.13 bits per heavy atom. The van der Waals surface area contributed by atoms with Crippen molar-refractivity contribution in [3.05, 3.63) is 140 Å². The highest BCUT2D eigenvalue weighted by atomic mass is 16.2. The van der Waals surface area contributed by atoms with Gasteiger partial charge in [-0.3, -0.25) is 13.9 Å². The van der Waals surface area contributed by atoms with Crippen LogP contribution >= 0.6 is 0 Å². The van der Waals surface area contributed by atoms with Crippen molar-refractivity contribution in [2.24, 2.45) is 0 Å². The molecule has 1 aromatic heterocycles. The third kappa shape index (κ3) is 4.64. The Bertz CT molecular complexity index is 1300. The summed E-state index contributed by atoms with van der Waals surface area (Å²) in [5.74, 6) is 0. The topological polar surface area (TPSA) is 44.0 Å². The molecule has 4 aromatic rings. The van der Waals surface area contributed by atoms with Crippen LogP contribution in [0.3, 0.4) is 0 Å². The molecular weight excluding hydrogens is 384 g/mol. The van der Waals surface area contributed by atoms with Crippen molar-refractivity contribution in [2.75, 3.05) is 0 Å². The van der Waals surface area contributed by atoms with Gasteiger partial charge in [0.25, 0.3) is 5.56 Å². The number of hydrogen-bond donors (Lipinski definition) is 0. The van der Waals surface area contributed by atoms with Crippen LogP contribution < -0.4 is 11.2 Å². The molecule has 4 rings (SSSR count). The number of aromatic nitrogens is 2. The maximum absolute atomic E-state index is 13.5. The van der Waals surface area contributed by atoms with Gasteiger partial charge in [0.15, 0.2) is 0 Å². The Kier molecular flexibility index (Phi) is 6.08. The molecule has 0 atom stereocenters. The monoisotopic (exact) mass is 408 g/mol. The number of hydrogen-bond acceptors (Lipinski definition) is 2. The van der Waals surface area contributed by atoms with E-state index in [1.54, 1.807) is 11.5 Å². The molecular formula is C27H24N2O2. The average Bonchev–Trinajstić information content (AvgIpc) is 2.82. The molecule has 0 amide bonds. The fraction of sp³-hybridized carbons (Fsp3) is 0.111. The molecule has 1 heterocycles. The summed E-state index contributed by atoms with van der Waals surface area (Å²) in [5.41, 5.74) is 3.55. The van der Waals surface area contributed by atoms with Gasteiger partial charge in [-0.15, -0.1) is 0 Å². The van der Waals surface area contributed by atoms with Crippen LogP contribution in [0.2, 0.25) is 0 Å². The van der Waals surface area contributed by atoms with Crippen LogP contribution in [0.5, 0.6) is 0 Å². The molecule has 31 heavy (non-hydrogen) atoms. The van der Waals surface area contributed by atoms with Gasteiger partial charge in [-0.1, -0.05) is 97.1 Å². The molecule has 0 saturated heterocycles. The highest BCUT2D eigenvalue weighted by Gasteiger charge is 2.15. The maximum atomic E-state index is 13.5. The highest BCUT2D eigenvalue weighted by molar-refractivity contribution is 5.69. The lowest BCUT2D eigenvalue weighted by molar-refractivity contribution is 0.601. The Labute approximate surface area is 181 Å². The Morgan fingerprint density at radius 3 is 1.68 bits per heavy atom. The largest absolute Gasteiger partial charge is 0.332 e. The standard InChI is InChI=1S/C27H24N2O2/c1-21-25(18-17-22-11-5-2-6-12-22)28(19-23-13-7-3-8-14-23)27(31)29(26(21)30)20-24-15-9-4-10-16-24/h2-18H,19-20H2,1H3/b18-17+. The van der Waals surface area contributed by atoms with Gasteiger partial charge in [0.2, 0.25) is 0 Å². The molecule has 0 spiro atoms. The second-order valence-corrected chi connectivity index (χ2v) is 7.49. The molecule has 0 radical (unpaired) electrons. The van der Waals surface area contributed by atoms with Crippen molar-refractivity contribution in [1.29, 1.82) is 0 Å². The average molecular weight is 409 g/mol. The highest BCUT2D eigenvalue weighted by Crippen LogP contribution is 2.12. The summed E-state index contributed by atoms with van der Waals surface area (Å²) in [6.07, 6.45) is 3.80. The van der Waals surface area contributed by atoms with Crippen LogP contribution in [0, 0.1) is 6.92 Å². The van der Waals surface area contributed by atoms with E-state index in [4.69, 9.17) is 0 Å². The Hall–Kier alpha value is -3.92. The van der Waals surface area contributed by atoms with Gasteiger partial charge in [-0.2, -0.15) is 0 Å². The summed E-state index contributed by atoms with van der Waals surface area (Å²) in [6, 6.07) is 29.3. The number of rotatable bonds is 6. The quantitative estimate of drug-likeness (QED) is 0.469. The van der Waals surface area contributed by atoms with E-state index in [0.29, 0.717) is 17.8 Å². The SMILES string of the molecule is Cc1c(/C=C/c2ccccc2)n(Cc2ccccc2)c(=O)n(Cc2ccccc2)c1=O. The van der Waals surface area contributed by atoms with Gasteiger partial charge in [-0.05, 0) is 29.7 Å². The third-order valence-electron chi connectivity index (χ3n) is 5.30. The first-order chi connectivity index (χ1) is 15.1. The van der Waals surface area contributed by atoms with E-state index in [1.807, 2.05) is 103 Å². The van der Waals surface area contributed by atoms with Crippen LogP contribution in [0.15, 0.2) is 101 Å². The van der Waals surface area contributed by atoms with Crippen LogP contribution in [-0.4, -0.2) is 9.13 Å². The smallest absolute Gasteiger partial charge is 0.289 e.